The van der Waals surface area contributed by atoms with Gasteiger partial charge in [-0.3, -0.25) is 0 Å². The molecule has 0 bridgehead atoms. The first-order chi connectivity index (χ1) is 6.72. The largest absolute Gasteiger partial charge is 0.385 e. The van der Waals surface area contributed by atoms with Crippen LogP contribution in [-0.2, 0) is 0 Å². The highest BCUT2D eigenvalue weighted by Crippen LogP contribution is 2.38. The summed E-state index contributed by atoms with van der Waals surface area (Å²) >= 11 is 3.30. The van der Waals surface area contributed by atoms with E-state index in [1.54, 1.807) is 6.20 Å². The molecule has 1 aliphatic rings. The first kappa shape index (κ1) is 10.0. The maximum Gasteiger partial charge on any atom is 0.131 e. The molecule has 3 N–H and O–H groups in total. The molecule has 1 fully saturated rings. The third-order valence-electron chi connectivity index (χ3n) is 2.27. The van der Waals surface area contributed by atoms with Crippen molar-refractivity contribution in [2.24, 2.45) is 5.73 Å². The Kier molecular flexibility index (Phi) is 2.80. The molecule has 5 heteroatoms. The molecule has 14 heavy (non-hydrogen) atoms. The normalized spacial score (nSPS) is 18.2. The van der Waals surface area contributed by atoms with Crippen LogP contribution >= 0.6 is 15.9 Å². The van der Waals surface area contributed by atoms with E-state index >= 15 is 0 Å². The number of hydrogen-bond acceptors (Lipinski definition) is 4. The summed E-state index contributed by atoms with van der Waals surface area (Å²) in [5.74, 6) is 1.32. The summed E-state index contributed by atoms with van der Waals surface area (Å²) < 4.78 is 0.722. The quantitative estimate of drug-likeness (QED) is 0.851. The van der Waals surface area contributed by atoms with Crippen LogP contribution in [0.5, 0.6) is 0 Å². The van der Waals surface area contributed by atoms with E-state index in [2.05, 4.69) is 25.9 Å². The molecule has 1 heterocycles. The predicted octanol–water partition coefficient (Wildman–Crippen LogP) is 1.11. The van der Waals surface area contributed by atoms with E-state index in [9.17, 15) is 5.11 Å². The molecule has 1 aromatic rings. The molecule has 0 radical (unpaired) electrons. The van der Waals surface area contributed by atoms with E-state index in [0.29, 0.717) is 11.6 Å². The van der Waals surface area contributed by atoms with Gasteiger partial charge < -0.3 is 10.8 Å². The summed E-state index contributed by atoms with van der Waals surface area (Å²) in [6.45, 7) is 0.180. The Morgan fingerprint density at radius 3 is 2.93 bits per heavy atom. The zero-order valence-corrected chi connectivity index (χ0v) is 9.24. The van der Waals surface area contributed by atoms with Crippen molar-refractivity contribution in [1.82, 2.24) is 9.97 Å². The van der Waals surface area contributed by atoms with Gasteiger partial charge in [0.2, 0.25) is 0 Å². The average molecular weight is 258 g/mol. The Morgan fingerprint density at radius 2 is 2.36 bits per heavy atom. The summed E-state index contributed by atoms with van der Waals surface area (Å²) in [7, 11) is 0. The molecule has 76 valence electrons. The predicted molar refractivity (Wildman–Crippen MR) is 55.7 cm³/mol. The molecule has 1 aromatic heterocycles. The third kappa shape index (κ3) is 1.94. The number of halogens is 1. The van der Waals surface area contributed by atoms with Crippen molar-refractivity contribution in [3.63, 3.8) is 0 Å². The van der Waals surface area contributed by atoms with Crippen LogP contribution in [0.4, 0.5) is 0 Å². The van der Waals surface area contributed by atoms with Crippen LogP contribution in [0.3, 0.4) is 0 Å². The number of aromatic nitrogens is 2. The van der Waals surface area contributed by atoms with Gasteiger partial charge in [0.15, 0.2) is 0 Å². The second-order valence-corrected chi connectivity index (χ2v) is 4.34. The molecule has 0 aliphatic heterocycles. The van der Waals surface area contributed by atoms with E-state index < -0.39 is 6.10 Å². The van der Waals surface area contributed by atoms with Crippen LogP contribution in [-0.4, -0.2) is 21.6 Å². The minimum Gasteiger partial charge on any atom is -0.385 e. The second kappa shape index (κ2) is 3.92. The fraction of sp³-hybridized carbons (Fsp3) is 0.556. The van der Waals surface area contributed by atoms with Gasteiger partial charge in [0.05, 0.1) is 10.2 Å². The minimum absolute atomic E-state index is 0.180. The Hall–Kier alpha value is -0.520. The highest BCUT2D eigenvalue weighted by molar-refractivity contribution is 9.10. The van der Waals surface area contributed by atoms with Gasteiger partial charge in [0.25, 0.3) is 0 Å². The number of rotatable bonds is 3. The standard InChI is InChI=1S/C9H12BrN3O/c10-6-4-12-9(5-1-2-5)13-8(6)7(14)3-11/h4-5,7,14H,1-3,11H2/t7-/m1/s1. The van der Waals surface area contributed by atoms with Crippen LogP contribution in [0.15, 0.2) is 10.7 Å². The van der Waals surface area contributed by atoms with Crippen LogP contribution in [0.25, 0.3) is 0 Å². The first-order valence-electron chi connectivity index (χ1n) is 4.63. The lowest BCUT2D eigenvalue weighted by Crippen LogP contribution is -2.14. The van der Waals surface area contributed by atoms with Gasteiger partial charge in [0.1, 0.15) is 11.9 Å². The number of nitrogens with zero attached hydrogens (tertiary/aromatic N) is 2. The smallest absolute Gasteiger partial charge is 0.131 e. The van der Waals surface area contributed by atoms with Gasteiger partial charge in [0, 0.05) is 18.7 Å². The summed E-state index contributed by atoms with van der Waals surface area (Å²) in [4.78, 5) is 8.52. The molecular weight excluding hydrogens is 246 g/mol. The molecule has 0 aromatic carbocycles. The van der Waals surface area contributed by atoms with Gasteiger partial charge >= 0.3 is 0 Å². The van der Waals surface area contributed by atoms with Crippen LogP contribution in [0.1, 0.15) is 36.4 Å². The third-order valence-corrected chi connectivity index (χ3v) is 2.88. The monoisotopic (exact) mass is 257 g/mol. The molecule has 0 spiro atoms. The van der Waals surface area contributed by atoms with E-state index in [1.165, 1.54) is 0 Å². The summed E-state index contributed by atoms with van der Waals surface area (Å²) in [6.07, 6.45) is 3.29. The second-order valence-electron chi connectivity index (χ2n) is 3.49. The minimum atomic E-state index is -0.704. The number of hydrogen-bond donors (Lipinski definition) is 2. The molecule has 2 rings (SSSR count). The van der Waals surface area contributed by atoms with E-state index in [1.807, 2.05) is 0 Å². The van der Waals surface area contributed by atoms with Crippen molar-refractivity contribution < 1.29 is 5.11 Å². The molecule has 0 unspecified atom stereocenters. The van der Waals surface area contributed by atoms with Crippen molar-refractivity contribution in [2.75, 3.05) is 6.54 Å². The molecule has 1 atom stereocenters. The SMILES string of the molecule is NC[C@@H](O)c1nc(C2CC2)ncc1Br. The molecule has 4 nitrogen and oxygen atoms in total. The number of aliphatic hydroxyl groups excluding tert-OH is 1. The molecule has 0 saturated heterocycles. The molecular formula is C9H12BrN3O. The topological polar surface area (TPSA) is 72.0 Å². The van der Waals surface area contributed by atoms with Gasteiger partial charge in [-0.05, 0) is 28.8 Å². The number of nitrogens with two attached hydrogens (primary N) is 1. The zero-order chi connectivity index (χ0) is 10.1. The van der Waals surface area contributed by atoms with Crippen molar-refractivity contribution in [3.05, 3.63) is 22.2 Å². The van der Waals surface area contributed by atoms with Crippen LogP contribution in [0.2, 0.25) is 0 Å². The first-order valence-corrected chi connectivity index (χ1v) is 5.42. The number of aliphatic hydroxyl groups is 1. The van der Waals surface area contributed by atoms with E-state index in [4.69, 9.17) is 5.73 Å². The van der Waals surface area contributed by atoms with Crippen molar-refractivity contribution >= 4 is 15.9 Å². The fourth-order valence-electron chi connectivity index (χ4n) is 1.28. The zero-order valence-electron chi connectivity index (χ0n) is 7.65. The Bertz CT molecular complexity index is 341. The van der Waals surface area contributed by atoms with Crippen molar-refractivity contribution in [2.45, 2.75) is 24.9 Å². The molecule has 1 aliphatic carbocycles. The maximum atomic E-state index is 9.59. The van der Waals surface area contributed by atoms with Crippen LogP contribution in [0, 0.1) is 0 Å². The fourth-order valence-corrected chi connectivity index (χ4v) is 1.73. The lowest BCUT2D eigenvalue weighted by atomic mass is 10.2. The van der Waals surface area contributed by atoms with Crippen molar-refractivity contribution in [3.8, 4) is 0 Å². The molecule has 1 saturated carbocycles. The Morgan fingerprint density at radius 1 is 1.64 bits per heavy atom. The van der Waals surface area contributed by atoms with Crippen molar-refractivity contribution in [1.29, 1.82) is 0 Å². The lowest BCUT2D eigenvalue weighted by Gasteiger charge is -2.10. The Labute approximate surface area is 90.7 Å². The van der Waals surface area contributed by atoms with Gasteiger partial charge in [-0.15, -0.1) is 0 Å². The average Bonchev–Trinajstić information content (AvgIpc) is 3.01. The van der Waals surface area contributed by atoms with Gasteiger partial charge in [-0.1, -0.05) is 0 Å². The highest BCUT2D eigenvalue weighted by atomic mass is 79.9. The van der Waals surface area contributed by atoms with Gasteiger partial charge in [-0.25, -0.2) is 9.97 Å². The van der Waals surface area contributed by atoms with Gasteiger partial charge in [-0.2, -0.15) is 0 Å². The maximum absolute atomic E-state index is 9.59. The molecule has 0 amide bonds. The highest BCUT2D eigenvalue weighted by Gasteiger charge is 2.27. The summed E-state index contributed by atoms with van der Waals surface area (Å²) in [5.41, 5.74) is 5.98. The summed E-state index contributed by atoms with van der Waals surface area (Å²) in [6, 6.07) is 0. The lowest BCUT2D eigenvalue weighted by molar-refractivity contribution is 0.180. The Balaban J connectivity index is 2.31. The van der Waals surface area contributed by atoms with E-state index in [0.717, 1.165) is 23.1 Å². The van der Waals surface area contributed by atoms with E-state index in [-0.39, 0.29) is 6.54 Å². The summed E-state index contributed by atoms with van der Waals surface area (Å²) in [5, 5.41) is 9.59. The van der Waals surface area contributed by atoms with Crippen LogP contribution < -0.4 is 5.73 Å².